The fraction of sp³-hybridized carbons (Fsp3) is 0.320. The molecule has 2 aromatic heterocycles. The molecular weight excluding hydrogens is 434 g/mol. The van der Waals surface area contributed by atoms with E-state index in [-0.39, 0.29) is 11.8 Å². The van der Waals surface area contributed by atoms with Crippen LogP contribution in [0.1, 0.15) is 24.0 Å². The summed E-state index contributed by atoms with van der Waals surface area (Å²) in [5, 5.41) is 8.76. The third-order valence-electron chi connectivity index (χ3n) is 6.07. The number of methoxy groups -OCH3 is 1. The van der Waals surface area contributed by atoms with Crippen molar-refractivity contribution in [2.45, 2.75) is 26.3 Å². The number of nitrogens with zero attached hydrogens (tertiary/aromatic N) is 4. The lowest BCUT2D eigenvalue weighted by Gasteiger charge is -2.31. The Hall–Kier alpha value is -3.39. The average molecular weight is 462 g/mol. The highest BCUT2D eigenvalue weighted by atomic mass is 32.1. The van der Waals surface area contributed by atoms with Crippen LogP contribution in [0.2, 0.25) is 0 Å². The summed E-state index contributed by atoms with van der Waals surface area (Å²) in [5.74, 6) is 0.864. The molecule has 1 unspecified atom stereocenters. The van der Waals surface area contributed by atoms with E-state index < -0.39 is 0 Å². The minimum Gasteiger partial charge on any atom is -0.497 e. The highest BCUT2D eigenvalue weighted by Crippen LogP contribution is 2.30. The van der Waals surface area contributed by atoms with E-state index in [2.05, 4.69) is 41.4 Å². The van der Waals surface area contributed by atoms with E-state index in [1.807, 2.05) is 35.0 Å². The molecule has 0 aliphatic carbocycles. The smallest absolute Gasteiger partial charge is 0.225 e. The minimum atomic E-state index is -0.0451. The van der Waals surface area contributed by atoms with Gasteiger partial charge in [-0.3, -0.25) is 4.79 Å². The molecule has 7 nitrogen and oxygen atoms in total. The summed E-state index contributed by atoms with van der Waals surface area (Å²) in [6.07, 6.45) is 3.84. The molecule has 2 aromatic carbocycles. The Morgan fingerprint density at radius 3 is 2.70 bits per heavy atom. The van der Waals surface area contributed by atoms with Crippen LogP contribution in [0.5, 0.6) is 5.75 Å². The van der Waals surface area contributed by atoms with Crippen molar-refractivity contribution in [3.63, 3.8) is 0 Å². The van der Waals surface area contributed by atoms with Gasteiger partial charge in [0, 0.05) is 25.2 Å². The van der Waals surface area contributed by atoms with Crippen LogP contribution in [0.25, 0.3) is 16.2 Å². The van der Waals surface area contributed by atoms with Crippen molar-refractivity contribution >= 4 is 27.3 Å². The fourth-order valence-corrected chi connectivity index (χ4v) is 5.04. The second-order valence-electron chi connectivity index (χ2n) is 8.45. The summed E-state index contributed by atoms with van der Waals surface area (Å²) >= 11 is 1.57. The van der Waals surface area contributed by atoms with Crippen LogP contribution in [-0.4, -0.2) is 40.7 Å². The molecule has 1 amide bonds. The van der Waals surface area contributed by atoms with Gasteiger partial charge in [0.15, 0.2) is 0 Å². The van der Waals surface area contributed by atoms with Crippen molar-refractivity contribution in [1.29, 1.82) is 0 Å². The molecule has 33 heavy (non-hydrogen) atoms. The van der Waals surface area contributed by atoms with Gasteiger partial charge in [0.05, 0.1) is 24.9 Å². The van der Waals surface area contributed by atoms with Gasteiger partial charge in [-0.25, -0.2) is 9.50 Å². The zero-order valence-electron chi connectivity index (χ0n) is 18.8. The standard InChI is InChI=1S/C25H27N5O2S/c1-17-5-9-19(10-6-17)22-16-30-24(27-22)33-25(28-30)29-13-3-4-20(15-29)23(31)26-14-18-7-11-21(32-2)12-8-18/h5-12,16,20H,3-4,13-15H2,1-2H3,(H,26,31). The lowest BCUT2D eigenvalue weighted by atomic mass is 9.97. The molecule has 1 N–H and O–H groups in total. The van der Waals surface area contributed by atoms with Crippen LogP contribution in [0.15, 0.2) is 54.7 Å². The maximum atomic E-state index is 12.8. The van der Waals surface area contributed by atoms with Crippen LogP contribution in [-0.2, 0) is 11.3 Å². The molecule has 1 aliphatic heterocycles. The van der Waals surface area contributed by atoms with Crippen molar-refractivity contribution in [3.05, 3.63) is 65.9 Å². The maximum absolute atomic E-state index is 12.8. The number of carbonyl (C=O) groups is 1. The highest BCUT2D eigenvalue weighted by Gasteiger charge is 2.27. The van der Waals surface area contributed by atoms with E-state index in [0.29, 0.717) is 13.1 Å². The topological polar surface area (TPSA) is 71.8 Å². The van der Waals surface area contributed by atoms with E-state index in [9.17, 15) is 4.79 Å². The number of piperidine rings is 1. The largest absolute Gasteiger partial charge is 0.497 e. The van der Waals surface area contributed by atoms with E-state index >= 15 is 0 Å². The maximum Gasteiger partial charge on any atom is 0.225 e. The van der Waals surface area contributed by atoms with Crippen molar-refractivity contribution in [1.82, 2.24) is 19.9 Å². The SMILES string of the molecule is COc1ccc(CNC(=O)C2CCCN(c3nn4cc(-c5ccc(C)cc5)nc4s3)C2)cc1. The number of ether oxygens (including phenoxy) is 1. The van der Waals surface area contributed by atoms with Crippen LogP contribution in [0.3, 0.4) is 0 Å². The Morgan fingerprint density at radius 2 is 1.97 bits per heavy atom. The average Bonchev–Trinajstić information content (AvgIpc) is 3.43. The van der Waals surface area contributed by atoms with Gasteiger partial charge in [-0.1, -0.05) is 53.3 Å². The van der Waals surface area contributed by atoms with Crippen LogP contribution in [0.4, 0.5) is 5.13 Å². The van der Waals surface area contributed by atoms with Crippen molar-refractivity contribution in [2.75, 3.05) is 25.1 Å². The van der Waals surface area contributed by atoms with Gasteiger partial charge >= 0.3 is 0 Å². The van der Waals surface area contributed by atoms with E-state index in [0.717, 1.165) is 52.0 Å². The summed E-state index contributed by atoms with van der Waals surface area (Å²) < 4.78 is 7.04. The lowest BCUT2D eigenvalue weighted by Crippen LogP contribution is -2.43. The quantitative estimate of drug-likeness (QED) is 0.463. The van der Waals surface area contributed by atoms with Gasteiger partial charge in [-0.05, 0) is 37.5 Å². The molecule has 0 spiro atoms. The van der Waals surface area contributed by atoms with Crippen molar-refractivity contribution in [3.8, 4) is 17.0 Å². The van der Waals surface area contributed by atoms with Crippen LogP contribution < -0.4 is 15.0 Å². The molecule has 1 atom stereocenters. The number of aromatic nitrogens is 3. The number of anilines is 1. The molecular formula is C25H27N5O2S. The Balaban J connectivity index is 1.22. The monoisotopic (exact) mass is 461 g/mol. The first-order valence-corrected chi connectivity index (χ1v) is 12.0. The van der Waals surface area contributed by atoms with Gasteiger partial charge in [0.1, 0.15) is 5.75 Å². The zero-order chi connectivity index (χ0) is 22.8. The number of hydrogen-bond acceptors (Lipinski definition) is 6. The van der Waals surface area contributed by atoms with E-state index in [1.165, 1.54) is 5.56 Å². The molecule has 8 heteroatoms. The molecule has 170 valence electrons. The number of amides is 1. The number of rotatable bonds is 6. The predicted octanol–water partition coefficient (Wildman–Crippen LogP) is 4.31. The van der Waals surface area contributed by atoms with Gasteiger partial charge in [-0.2, -0.15) is 0 Å². The summed E-state index contributed by atoms with van der Waals surface area (Å²) in [6.45, 7) is 4.18. The molecule has 0 bridgehead atoms. The fourth-order valence-electron chi connectivity index (χ4n) is 4.12. The number of imidazole rings is 1. The van der Waals surface area contributed by atoms with Gasteiger partial charge < -0.3 is 15.0 Å². The van der Waals surface area contributed by atoms with Gasteiger partial charge in [0.25, 0.3) is 0 Å². The normalized spacial score (nSPS) is 16.2. The van der Waals surface area contributed by atoms with Gasteiger partial charge in [-0.15, -0.1) is 5.10 Å². The number of fused-ring (bicyclic) bond motifs is 1. The Morgan fingerprint density at radius 1 is 1.18 bits per heavy atom. The van der Waals surface area contributed by atoms with Crippen LogP contribution >= 0.6 is 11.3 Å². The third kappa shape index (κ3) is 4.71. The highest BCUT2D eigenvalue weighted by molar-refractivity contribution is 7.20. The van der Waals surface area contributed by atoms with Crippen LogP contribution in [0, 0.1) is 12.8 Å². The first-order chi connectivity index (χ1) is 16.1. The number of hydrogen-bond donors (Lipinski definition) is 1. The van der Waals surface area contributed by atoms with E-state index in [4.69, 9.17) is 14.8 Å². The number of aryl methyl sites for hydroxylation is 1. The summed E-state index contributed by atoms with van der Waals surface area (Å²) in [5.41, 5.74) is 4.30. The Labute approximate surface area is 197 Å². The van der Waals surface area contributed by atoms with Gasteiger partial charge in [0.2, 0.25) is 16.0 Å². The molecule has 1 saturated heterocycles. The zero-order valence-corrected chi connectivity index (χ0v) is 19.6. The summed E-state index contributed by atoms with van der Waals surface area (Å²) in [7, 11) is 1.65. The Bertz CT molecular complexity index is 1210. The first kappa shape index (κ1) is 21.5. The lowest BCUT2D eigenvalue weighted by molar-refractivity contribution is -0.125. The number of nitrogens with one attached hydrogen (secondary N) is 1. The second-order valence-corrected chi connectivity index (χ2v) is 9.39. The van der Waals surface area contributed by atoms with Crippen molar-refractivity contribution < 1.29 is 9.53 Å². The first-order valence-electron chi connectivity index (χ1n) is 11.2. The molecule has 5 rings (SSSR count). The molecule has 0 saturated carbocycles. The summed E-state index contributed by atoms with van der Waals surface area (Å²) in [4.78, 5) is 20.7. The molecule has 3 heterocycles. The van der Waals surface area contributed by atoms with E-state index in [1.54, 1.807) is 18.4 Å². The molecule has 4 aromatic rings. The number of carbonyl (C=O) groups excluding carboxylic acids is 1. The number of benzene rings is 2. The van der Waals surface area contributed by atoms with Crippen molar-refractivity contribution in [2.24, 2.45) is 5.92 Å². The minimum absolute atomic E-state index is 0.0451. The molecule has 1 aliphatic rings. The third-order valence-corrected chi connectivity index (χ3v) is 7.05. The Kier molecular flexibility index (Phi) is 6.00. The second kappa shape index (κ2) is 9.23. The summed E-state index contributed by atoms with van der Waals surface area (Å²) in [6, 6.07) is 16.1. The molecule has 1 fully saturated rings. The molecule has 0 radical (unpaired) electrons. The predicted molar refractivity (Wildman–Crippen MR) is 131 cm³/mol.